The molecule has 0 saturated carbocycles. The number of amides is 2. The Morgan fingerprint density at radius 1 is 1.13 bits per heavy atom. The molecule has 0 unspecified atom stereocenters. The molecule has 0 saturated heterocycles. The van der Waals surface area contributed by atoms with Gasteiger partial charge in [-0.15, -0.1) is 0 Å². The van der Waals surface area contributed by atoms with Gasteiger partial charge in [-0.25, -0.2) is 4.98 Å². The van der Waals surface area contributed by atoms with Crippen molar-refractivity contribution >= 4 is 55.8 Å². The highest BCUT2D eigenvalue weighted by molar-refractivity contribution is 7.22. The molecule has 0 spiro atoms. The van der Waals surface area contributed by atoms with Crippen LogP contribution < -0.4 is 10.6 Å². The molecule has 3 aromatic rings. The van der Waals surface area contributed by atoms with E-state index in [-0.39, 0.29) is 11.8 Å². The summed E-state index contributed by atoms with van der Waals surface area (Å²) in [6.07, 6.45) is 0. The van der Waals surface area contributed by atoms with Gasteiger partial charge in [-0.1, -0.05) is 29.0 Å². The van der Waals surface area contributed by atoms with Crippen LogP contribution in [0.4, 0.5) is 10.8 Å². The van der Waals surface area contributed by atoms with Crippen molar-refractivity contribution in [2.45, 2.75) is 6.92 Å². The Hall–Kier alpha value is -2.44. The predicted molar refractivity (Wildman–Crippen MR) is 93.3 cm³/mol. The van der Waals surface area contributed by atoms with Crippen LogP contribution in [-0.2, 0) is 4.79 Å². The van der Waals surface area contributed by atoms with Crippen LogP contribution in [-0.4, -0.2) is 16.8 Å². The maximum atomic E-state index is 12.2. The molecule has 2 aromatic carbocycles. The number of carbonyl (C=O) groups excluding carboxylic acids is 2. The summed E-state index contributed by atoms with van der Waals surface area (Å²) in [6, 6.07) is 12.1. The monoisotopic (exact) mass is 345 g/mol. The van der Waals surface area contributed by atoms with Crippen LogP contribution in [0.2, 0.25) is 5.02 Å². The van der Waals surface area contributed by atoms with Gasteiger partial charge in [-0.3, -0.25) is 14.9 Å². The summed E-state index contributed by atoms with van der Waals surface area (Å²) < 4.78 is 0.873. The van der Waals surface area contributed by atoms with E-state index in [1.165, 1.54) is 18.3 Å². The maximum Gasteiger partial charge on any atom is 0.257 e. The number of fused-ring (bicyclic) bond motifs is 1. The molecular formula is C16H12ClN3O2S. The Bertz CT molecular complexity index is 907. The van der Waals surface area contributed by atoms with Gasteiger partial charge in [0.25, 0.3) is 5.91 Å². The number of hydrogen-bond acceptors (Lipinski definition) is 4. The summed E-state index contributed by atoms with van der Waals surface area (Å²) in [5.74, 6) is -0.406. The van der Waals surface area contributed by atoms with Crippen molar-refractivity contribution in [1.82, 2.24) is 4.98 Å². The number of benzene rings is 2. The average Bonchev–Trinajstić information content (AvgIpc) is 2.88. The van der Waals surface area contributed by atoms with Gasteiger partial charge in [0.1, 0.15) is 0 Å². The molecule has 23 heavy (non-hydrogen) atoms. The number of anilines is 2. The van der Waals surface area contributed by atoms with Crippen LogP contribution in [0.3, 0.4) is 0 Å². The molecule has 3 rings (SSSR count). The molecule has 0 atom stereocenters. The summed E-state index contributed by atoms with van der Waals surface area (Å²) in [7, 11) is 0. The molecular weight excluding hydrogens is 334 g/mol. The van der Waals surface area contributed by atoms with Crippen molar-refractivity contribution in [3.05, 3.63) is 53.1 Å². The van der Waals surface area contributed by atoms with Crippen LogP contribution in [0.15, 0.2) is 42.5 Å². The van der Waals surface area contributed by atoms with Crippen LogP contribution in [0.1, 0.15) is 17.3 Å². The van der Waals surface area contributed by atoms with Crippen LogP contribution in [0, 0.1) is 0 Å². The van der Waals surface area contributed by atoms with Crippen molar-refractivity contribution in [2.24, 2.45) is 0 Å². The minimum absolute atomic E-state index is 0.136. The first-order valence-electron chi connectivity index (χ1n) is 6.76. The molecule has 0 radical (unpaired) electrons. The first-order valence-corrected chi connectivity index (χ1v) is 7.96. The van der Waals surface area contributed by atoms with Crippen molar-refractivity contribution in [3.63, 3.8) is 0 Å². The van der Waals surface area contributed by atoms with Crippen molar-refractivity contribution in [2.75, 3.05) is 10.6 Å². The lowest BCUT2D eigenvalue weighted by Gasteiger charge is -2.01. The first kappa shape index (κ1) is 15.5. The lowest BCUT2D eigenvalue weighted by molar-refractivity contribution is -0.114. The Kier molecular flexibility index (Phi) is 4.27. The topological polar surface area (TPSA) is 71.1 Å². The van der Waals surface area contributed by atoms with E-state index in [1.54, 1.807) is 36.4 Å². The zero-order valence-corrected chi connectivity index (χ0v) is 13.7. The average molecular weight is 346 g/mol. The fraction of sp³-hybridized carbons (Fsp3) is 0.0625. The normalized spacial score (nSPS) is 10.5. The second-order valence-electron chi connectivity index (χ2n) is 4.85. The van der Waals surface area contributed by atoms with E-state index in [0.29, 0.717) is 21.4 Å². The number of halogens is 1. The summed E-state index contributed by atoms with van der Waals surface area (Å²) in [4.78, 5) is 27.7. The van der Waals surface area contributed by atoms with Crippen LogP contribution >= 0.6 is 22.9 Å². The molecule has 2 amide bonds. The third-order valence-corrected chi connectivity index (χ3v) is 4.18. The first-order chi connectivity index (χ1) is 11.0. The quantitative estimate of drug-likeness (QED) is 0.748. The molecule has 7 heteroatoms. The summed E-state index contributed by atoms with van der Waals surface area (Å²) in [6.45, 7) is 1.45. The Labute approximate surface area is 141 Å². The molecule has 0 bridgehead atoms. The van der Waals surface area contributed by atoms with Gasteiger partial charge in [0.15, 0.2) is 5.13 Å². The van der Waals surface area contributed by atoms with Crippen LogP contribution in [0.25, 0.3) is 10.2 Å². The smallest absolute Gasteiger partial charge is 0.257 e. The van der Waals surface area contributed by atoms with E-state index in [2.05, 4.69) is 15.6 Å². The molecule has 5 nitrogen and oxygen atoms in total. The van der Waals surface area contributed by atoms with Gasteiger partial charge in [-0.05, 0) is 36.4 Å². The minimum Gasteiger partial charge on any atom is -0.326 e. The van der Waals surface area contributed by atoms with Gasteiger partial charge >= 0.3 is 0 Å². The van der Waals surface area contributed by atoms with E-state index >= 15 is 0 Å². The van der Waals surface area contributed by atoms with E-state index in [9.17, 15) is 9.59 Å². The van der Waals surface area contributed by atoms with E-state index < -0.39 is 0 Å². The Balaban J connectivity index is 1.83. The molecule has 2 N–H and O–H groups in total. The number of nitrogens with zero attached hydrogens (tertiary/aromatic N) is 1. The number of carbonyl (C=O) groups is 2. The third-order valence-electron chi connectivity index (χ3n) is 3.02. The SMILES string of the molecule is CC(=O)Nc1ccc2nc(NC(=O)c3cccc(Cl)c3)sc2c1. The van der Waals surface area contributed by atoms with Gasteiger partial charge in [0.2, 0.25) is 5.91 Å². The second-order valence-corrected chi connectivity index (χ2v) is 6.31. The molecule has 0 aliphatic rings. The molecule has 1 heterocycles. The van der Waals surface area contributed by atoms with Gasteiger partial charge in [0, 0.05) is 23.2 Å². The Morgan fingerprint density at radius 3 is 2.70 bits per heavy atom. The summed E-state index contributed by atoms with van der Waals surface area (Å²) in [5.41, 5.74) is 1.92. The number of aromatic nitrogens is 1. The molecule has 116 valence electrons. The van der Waals surface area contributed by atoms with Crippen molar-refractivity contribution in [1.29, 1.82) is 0 Å². The zero-order valence-electron chi connectivity index (χ0n) is 12.1. The Morgan fingerprint density at radius 2 is 1.96 bits per heavy atom. The van der Waals surface area contributed by atoms with Gasteiger partial charge < -0.3 is 5.32 Å². The molecule has 1 aromatic heterocycles. The summed E-state index contributed by atoms with van der Waals surface area (Å²) >= 11 is 7.23. The maximum absolute atomic E-state index is 12.2. The minimum atomic E-state index is -0.270. The summed E-state index contributed by atoms with van der Waals surface area (Å²) in [5, 5.41) is 6.47. The predicted octanol–water partition coefficient (Wildman–Crippen LogP) is 4.16. The third kappa shape index (κ3) is 3.67. The lowest BCUT2D eigenvalue weighted by atomic mass is 10.2. The largest absolute Gasteiger partial charge is 0.326 e. The number of hydrogen-bond donors (Lipinski definition) is 2. The number of thiazole rings is 1. The van der Waals surface area contributed by atoms with Crippen molar-refractivity contribution in [3.8, 4) is 0 Å². The number of rotatable bonds is 3. The fourth-order valence-electron chi connectivity index (χ4n) is 2.06. The number of nitrogens with one attached hydrogen (secondary N) is 2. The molecule has 0 aliphatic heterocycles. The highest BCUT2D eigenvalue weighted by Gasteiger charge is 2.11. The standard InChI is InChI=1S/C16H12ClN3O2S/c1-9(21)18-12-5-6-13-14(8-12)23-16(19-13)20-15(22)10-3-2-4-11(17)7-10/h2-8H,1H3,(H,18,21)(H,19,20,22). The second kappa shape index (κ2) is 6.36. The van der Waals surface area contributed by atoms with Crippen molar-refractivity contribution < 1.29 is 9.59 Å². The van der Waals surface area contributed by atoms with Gasteiger partial charge in [-0.2, -0.15) is 0 Å². The highest BCUT2D eigenvalue weighted by atomic mass is 35.5. The van der Waals surface area contributed by atoms with Gasteiger partial charge in [0.05, 0.1) is 10.2 Å². The molecule has 0 fully saturated rings. The highest BCUT2D eigenvalue weighted by Crippen LogP contribution is 2.28. The fourth-order valence-corrected chi connectivity index (χ4v) is 3.15. The lowest BCUT2D eigenvalue weighted by Crippen LogP contribution is -2.11. The van der Waals surface area contributed by atoms with E-state index in [1.807, 2.05) is 6.07 Å². The molecule has 0 aliphatic carbocycles. The zero-order chi connectivity index (χ0) is 16.4. The van der Waals surface area contributed by atoms with E-state index in [0.717, 1.165) is 10.2 Å². The van der Waals surface area contributed by atoms with Crippen LogP contribution in [0.5, 0.6) is 0 Å². The van der Waals surface area contributed by atoms with E-state index in [4.69, 9.17) is 11.6 Å².